The van der Waals surface area contributed by atoms with E-state index in [9.17, 15) is 19.2 Å². The summed E-state index contributed by atoms with van der Waals surface area (Å²) in [5.41, 5.74) is -2.78. The summed E-state index contributed by atoms with van der Waals surface area (Å²) < 4.78 is 5.92. The number of hydrogen-bond donors (Lipinski definition) is 0. The van der Waals surface area contributed by atoms with Crippen molar-refractivity contribution in [2.45, 2.75) is 59.8 Å². The van der Waals surface area contributed by atoms with Crippen LogP contribution in [-0.2, 0) is 19.2 Å². The van der Waals surface area contributed by atoms with Crippen LogP contribution in [0, 0.1) is 21.7 Å². The Kier molecular flexibility index (Phi) is 5.93. The van der Waals surface area contributed by atoms with Crippen LogP contribution in [0.3, 0.4) is 0 Å². The van der Waals surface area contributed by atoms with Gasteiger partial charge in [0.2, 0.25) is 0 Å². The molecule has 1 heterocycles. The molecule has 6 nitrogen and oxygen atoms in total. The highest BCUT2D eigenvalue weighted by molar-refractivity contribution is 6.15. The summed E-state index contributed by atoms with van der Waals surface area (Å²) in [6.45, 7) is 8.08. The zero-order valence-corrected chi connectivity index (χ0v) is 22.1. The van der Waals surface area contributed by atoms with Crippen LogP contribution < -0.4 is 9.64 Å². The van der Waals surface area contributed by atoms with Gasteiger partial charge in [0, 0.05) is 44.5 Å². The summed E-state index contributed by atoms with van der Waals surface area (Å²) in [4.78, 5) is 56.7. The van der Waals surface area contributed by atoms with E-state index in [0.717, 1.165) is 5.69 Å². The van der Waals surface area contributed by atoms with Crippen molar-refractivity contribution in [3.63, 3.8) is 0 Å². The van der Waals surface area contributed by atoms with Gasteiger partial charge in [-0.3, -0.25) is 19.2 Å². The molecule has 0 unspecified atom stereocenters. The lowest BCUT2D eigenvalue weighted by atomic mass is 9.51. The first kappa shape index (κ1) is 25.4. The molecular weight excluding hydrogens is 466 g/mol. The van der Waals surface area contributed by atoms with Gasteiger partial charge >= 0.3 is 0 Å². The second kappa shape index (κ2) is 8.64. The number of carbonyl (C=O) groups is 4. The predicted molar refractivity (Wildman–Crippen MR) is 141 cm³/mol. The summed E-state index contributed by atoms with van der Waals surface area (Å²) in [6.07, 6.45) is 1.06. The van der Waals surface area contributed by atoms with Crippen LogP contribution in [-0.4, -0.2) is 36.2 Å². The van der Waals surface area contributed by atoms with Gasteiger partial charge in [0.15, 0.2) is 0 Å². The maximum atomic E-state index is 13.7. The third-order valence-corrected chi connectivity index (χ3v) is 8.40. The topological polar surface area (TPSA) is 80.8 Å². The first-order valence-corrected chi connectivity index (χ1v) is 13.1. The third-order valence-electron chi connectivity index (χ3n) is 8.40. The maximum Gasteiger partial charge on any atom is 0.148 e. The van der Waals surface area contributed by atoms with E-state index in [0.29, 0.717) is 11.5 Å². The minimum Gasteiger partial charge on any atom is -0.457 e. The summed E-state index contributed by atoms with van der Waals surface area (Å²) in [5.74, 6) is 0.779. The second-order valence-electron chi connectivity index (χ2n) is 12.8. The number of benzene rings is 2. The lowest BCUT2D eigenvalue weighted by molar-refractivity contribution is -0.159. The van der Waals surface area contributed by atoms with Crippen molar-refractivity contribution in [1.82, 2.24) is 0 Å². The van der Waals surface area contributed by atoms with Crippen molar-refractivity contribution in [1.29, 1.82) is 0 Å². The van der Waals surface area contributed by atoms with Gasteiger partial charge < -0.3 is 9.64 Å². The van der Waals surface area contributed by atoms with E-state index in [2.05, 4.69) is 0 Å². The molecule has 2 saturated carbocycles. The van der Waals surface area contributed by atoms with Crippen LogP contribution in [0.4, 0.5) is 5.69 Å². The maximum absolute atomic E-state index is 13.7. The summed E-state index contributed by atoms with van der Waals surface area (Å²) in [7, 11) is 0. The van der Waals surface area contributed by atoms with Crippen molar-refractivity contribution in [2.24, 2.45) is 21.7 Å². The van der Waals surface area contributed by atoms with Crippen molar-refractivity contribution >= 4 is 28.8 Å². The van der Waals surface area contributed by atoms with Crippen LogP contribution in [0.25, 0.3) is 0 Å². The number of rotatable bonds is 3. The van der Waals surface area contributed by atoms with E-state index in [1.807, 2.05) is 87.2 Å². The number of hydrogen-bond acceptors (Lipinski definition) is 6. The van der Waals surface area contributed by atoms with Crippen molar-refractivity contribution in [3.8, 4) is 11.5 Å². The molecule has 194 valence electrons. The molecule has 2 spiro atoms. The number of carbonyl (C=O) groups excluding carboxylic acids is 4. The molecular formula is C31H35NO5. The van der Waals surface area contributed by atoms with Crippen molar-refractivity contribution in [3.05, 3.63) is 54.6 Å². The average molecular weight is 502 g/mol. The summed E-state index contributed by atoms with van der Waals surface area (Å²) in [5, 5.41) is 0. The Morgan fingerprint density at radius 1 is 0.595 bits per heavy atom. The molecule has 0 bridgehead atoms. The van der Waals surface area contributed by atoms with Gasteiger partial charge in [-0.1, -0.05) is 45.9 Å². The molecule has 3 fully saturated rings. The molecule has 0 atom stereocenters. The number of anilines is 1. The molecule has 2 aromatic carbocycles. The zero-order chi connectivity index (χ0) is 26.6. The van der Waals surface area contributed by atoms with Gasteiger partial charge in [0.1, 0.15) is 45.5 Å². The predicted octanol–water partition coefficient (Wildman–Crippen LogP) is 5.58. The third kappa shape index (κ3) is 4.51. The Morgan fingerprint density at radius 3 is 1.43 bits per heavy atom. The Morgan fingerprint density at radius 2 is 1.00 bits per heavy atom. The quantitative estimate of drug-likeness (QED) is 0.511. The van der Waals surface area contributed by atoms with Gasteiger partial charge in [-0.2, -0.15) is 0 Å². The van der Waals surface area contributed by atoms with Gasteiger partial charge in [-0.25, -0.2) is 0 Å². The van der Waals surface area contributed by atoms with Crippen LogP contribution >= 0.6 is 0 Å². The standard InChI is InChI=1S/C31H35NO5/c1-28(2)14-24(33)30(25(34)15-28)18-31(26(35)16-29(3,4)17-27(31)36)20-32(19-30)21-10-12-23(13-11-21)37-22-8-6-5-7-9-22/h5-13H,14-20H2,1-4H3. The Labute approximate surface area is 218 Å². The van der Waals surface area contributed by atoms with E-state index < -0.39 is 21.7 Å². The number of Topliss-reactive ketones (excluding diaryl/α,β-unsaturated/α-hetero) is 4. The lowest BCUT2D eigenvalue weighted by Gasteiger charge is -2.54. The molecule has 2 aliphatic carbocycles. The molecule has 0 N–H and O–H groups in total. The lowest BCUT2D eigenvalue weighted by Crippen LogP contribution is -2.66. The van der Waals surface area contributed by atoms with Gasteiger partial charge in [-0.15, -0.1) is 0 Å². The average Bonchev–Trinajstić information content (AvgIpc) is 2.82. The fourth-order valence-electron chi connectivity index (χ4n) is 6.47. The van der Waals surface area contributed by atoms with E-state index in [1.165, 1.54) is 0 Å². The first-order chi connectivity index (χ1) is 17.3. The largest absolute Gasteiger partial charge is 0.457 e. The number of para-hydroxylation sites is 1. The Bertz CT molecular complexity index is 1160. The first-order valence-electron chi connectivity index (χ1n) is 13.1. The number of piperidine rings is 1. The molecule has 37 heavy (non-hydrogen) atoms. The summed E-state index contributed by atoms with van der Waals surface area (Å²) in [6, 6.07) is 16.9. The van der Waals surface area contributed by atoms with E-state index in [4.69, 9.17) is 4.74 Å². The van der Waals surface area contributed by atoms with Crippen LogP contribution in [0.15, 0.2) is 54.6 Å². The van der Waals surface area contributed by atoms with Crippen molar-refractivity contribution < 1.29 is 23.9 Å². The minimum absolute atomic E-state index is 0.00714. The fraction of sp³-hybridized carbons (Fsp3) is 0.484. The fourth-order valence-corrected chi connectivity index (χ4v) is 6.47. The molecule has 6 heteroatoms. The molecule has 5 rings (SSSR count). The molecule has 0 radical (unpaired) electrons. The minimum atomic E-state index is -1.35. The number of nitrogens with zero attached hydrogens (tertiary/aromatic N) is 1. The monoisotopic (exact) mass is 501 g/mol. The van der Waals surface area contributed by atoms with E-state index >= 15 is 0 Å². The molecule has 0 amide bonds. The van der Waals surface area contributed by atoms with Gasteiger partial charge in [-0.05, 0) is 53.6 Å². The normalized spacial score (nSPS) is 23.9. The molecule has 1 aliphatic heterocycles. The van der Waals surface area contributed by atoms with E-state index in [1.54, 1.807) is 0 Å². The highest BCUT2D eigenvalue weighted by atomic mass is 16.5. The second-order valence-corrected chi connectivity index (χ2v) is 12.8. The van der Waals surface area contributed by atoms with Gasteiger partial charge in [0.25, 0.3) is 0 Å². The highest BCUT2D eigenvalue weighted by Gasteiger charge is 2.64. The SMILES string of the molecule is CC1(C)CC(=O)C2(CN(c3ccc(Oc4ccccc4)cc3)CC3(C2)C(=O)CC(C)(C)CC3=O)C(=O)C1. The molecule has 1 saturated heterocycles. The molecule has 3 aliphatic rings. The smallest absolute Gasteiger partial charge is 0.148 e. The van der Waals surface area contributed by atoms with Crippen molar-refractivity contribution in [2.75, 3.05) is 18.0 Å². The van der Waals surface area contributed by atoms with Crippen LogP contribution in [0.2, 0.25) is 0 Å². The van der Waals surface area contributed by atoms with E-state index in [-0.39, 0.29) is 68.3 Å². The van der Waals surface area contributed by atoms with Gasteiger partial charge in [0.05, 0.1) is 0 Å². The zero-order valence-electron chi connectivity index (χ0n) is 22.1. The molecule has 2 aromatic rings. The molecule has 0 aromatic heterocycles. The number of ether oxygens (including phenoxy) is 1. The summed E-state index contributed by atoms with van der Waals surface area (Å²) >= 11 is 0. The highest BCUT2D eigenvalue weighted by Crippen LogP contribution is 2.54. The van der Waals surface area contributed by atoms with Crippen LogP contribution in [0.1, 0.15) is 59.8 Å². The number of ketones is 4. The Hall–Kier alpha value is -3.28. The Balaban J connectivity index is 1.52. The van der Waals surface area contributed by atoms with Crippen LogP contribution in [0.5, 0.6) is 11.5 Å².